The molecule has 3 rings (SSSR count). The van der Waals surface area contributed by atoms with Crippen LogP contribution in [0.3, 0.4) is 0 Å². The summed E-state index contributed by atoms with van der Waals surface area (Å²) >= 11 is 9.43. The van der Waals surface area contributed by atoms with Gasteiger partial charge in [0.2, 0.25) is 0 Å². The van der Waals surface area contributed by atoms with Crippen molar-refractivity contribution in [3.63, 3.8) is 0 Å². The molecule has 36 heavy (non-hydrogen) atoms. The largest absolute Gasteiger partial charge is 0.493 e. The van der Waals surface area contributed by atoms with Gasteiger partial charge in [-0.15, -0.1) is 0 Å². The van der Waals surface area contributed by atoms with Crippen LogP contribution in [0.15, 0.2) is 64.2 Å². The third-order valence-corrected chi connectivity index (χ3v) is 5.70. The van der Waals surface area contributed by atoms with Gasteiger partial charge in [-0.1, -0.05) is 29.8 Å². The number of amides is 2. The molecule has 0 bridgehead atoms. The van der Waals surface area contributed by atoms with Gasteiger partial charge in [0, 0.05) is 11.3 Å². The molecule has 8 nitrogen and oxygen atoms in total. The molecule has 0 radical (unpaired) electrons. The molecule has 0 fully saturated rings. The summed E-state index contributed by atoms with van der Waals surface area (Å²) < 4.78 is 25.6. The number of rotatable bonds is 8. The summed E-state index contributed by atoms with van der Waals surface area (Å²) in [5.74, 6) is -1.73. The average molecular weight is 574 g/mol. The Morgan fingerprint density at radius 2 is 1.94 bits per heavy atom. The van der Waals surface area contributed by atoms with Crippen LogP contribution in [0.4, 0.5) is 10.1 Å². The van der Waals surface area contributed by atoms with Crippen LogP contribution in [0.2, 0.25) is 5.02 Å². The zero-order valence-corrected chi connectivity index (χ0v) is 21.2. The van der Waals surface area contributed by atoms with E-state index in [1.807, 2.05) is 6.07 Å². The summed E-state index contributed by atoms with van der Waals surface area (Å²) in [4.78, 5) is 24.1. The van der Waals surface area contributed by atoms with E-state index in [-0.39, 0.29) is 23.6 Å². The molecule has 0 aliphatic heterocycles. The van der Waals surface area contributed by atoms with Gasteiger partial charge in [-0.05, 0) is 63.5 Å². The van der Waals surface area contributed by atoms with Crippen molar-refractivity contribution in [3.05, 3.63) is 86.6 Å². The van der Waals surface area contributed by atoms with Crippen LogP contribution in [0.25, 0.3) is 0 Å². The Kier molecular flexibility index (Phi) is 9.39. The van der Waals surface area contributed by atoms with Gasteiger partial charge in [0.15, 0.2) is 11.5 Å². The number of hydrogen-bond donors (Lipinski definition) is 2. The molecule has 3 aromatic carbocycles. The van der Waals surface area contributed by atoms with Crippen molar-refractivity contribution in [2.75, 3.05) is 12.4 Å². The first kappa shape index (κ1) is 26.7. The second-order valence-electron chi connectivity index (χ2n) is 7.21. The van der Waals surface area contributed by atoms with Crippen LogP contribution in [0.1, 0.15) is 16.7 Å². The monoisotopic (exact) mass is 572 g/mol. The highest BCUT2D eigenvalue weighted by molar-refractivity contribution is 9.10. The third kappa shape index (κ3) is 7.04. The predicted molar refractivity (Wildman–Crippen MR) is 137 cm³/mol. The fourth-order valence-corrected chi connectivity index (χ4v) is 3.76. The summed E-state index contributed by atoms with van der Waals surface area (Å²) in [7, 11) is 1.44. The quantitative estimate of drug-likeness (QED) is 0.224. The van der Waals surface area contributed by atoms with Gasteiger partial charge in [-0.3, -0.25) is 9.59 Å². The van der Waals surface area contributed by atoms with Crippen molar-refractivity contribution in [1.29, 1.82) is 5.26 Å². The highest BCUT2D eigenvalue weighted by atomic mass is 79.9. The number of nitrogens with zero attached hydrogens (tertiary/aromatic N) is 2. The SMILES string of the molecule is COc1cc(C=NNC(=O)C(=O)Nc2ccc(CC#N)cc2)cc(Br)c1OCc1c(F)cccc1Cl. The Morgan fingerprint density at radius 1 is 1.19 bits per heavy atom. The van der Waals surface area contributed by atoms with E-state index < -0.39 is 17.6 Å². The Labute approximate surface area is 219 Å². The number of halogens is 3. The number of carbonyl (C=O) groups excluding carboxylic acids is 2. The Bertz CT molecular complexity index is 1320. The Morgan fingerprint density at radius 3 is 2.61 bits per heavy atom. The molecule has 2 N–H and O–H groups in total. The number of nitrogens with one attached hydrogen (secondary N) is 2. The Balaban J connectivity index is 1.62. The van der Waals surface area contributed by atoms with Gasteiger partial charge in [0.25, 0.3) is 0 Å². The van der Waals surface area contributed by atoms with Crippen LogP contribution in [-0.2, 0) is 22.6 Å². The molecule has 11 heteroatoms. The molecule has 2 amide bonds. The van der Waals surface area contributed by atoms with E-state index >= 15 is 0 Å². The number of anilines is 1. The minimum Gasteiger partial charge on any atom is -0.493 e. The molecule has 0 heterocycles. The van der Waals surface area contributed by atoms with Gasteiger partial charge in [0.1, 0.15) is 12.4 Å². The lowest BCUT2D eigenvalue weighted by molar-refractivity contribution is -0.136. The topological polar surface area (TPSA) is 113 Å². The number of hydrogen-bond acceptors (Lipinski definition) is 6. The molecular formula is C25H19BrClFN4O4. The Hall–Kier alpha value is -3.94. The highest BCUT2D eigenvalue weighted by Crippen LogP contribution is 2.37. The van der Waals surface area contributed by atoms with Crippen molar-refractivity contribution in [3.8, 4) is 17.6 Å². The van der Waals surface area contributed by atoms with E-state index in [9.17, 15) is 14.0 Å². The summed E-state index contributed by atoms with van der Waals surface area (Å²) in [6.45, 7) is -0.125. The maximum atomic E-state index is 14.0. The van der Waals surface area contributed by atoms with Crippen molar-refractivity contribution < 1.29 is 23.5 Å². The molecule has 0 aromatic heterocycles. The first-order chi connectivity index (χ1) is 17.3. The molecular weight excluding hydrogens is 555 g/mol. The summed E-state index contributed by atoms with van der Waals surface area (Å²) in [6, 6.07) is 16.1. The van der Waals surface area contributed by atoms with Gasteiger partial charge in [0.05, 0.1) is 35.3 Å². The lowest BCUT2D eigenvalue weighted by atomic mass is 10.1. The molecule has 184 valence electrons. The smallest absolute Gasteiger partial charge is 0.329 e. The van der Waals surface area contributed by atoms with Crippen LogP contribution in [-0.4, -0.2) is 25.1 Å². The van der Waals surface area contributed by atoms with Crippen LogP contribution < -0.4 is 20.2 Å². The third-order valence-electron chi connectivity index (χ3n) is 4.76. The van der Waals surface area contributed by atoms with Gasteiger partial charge >= 0.3 is 11.8 Å². The van der Waals surface area contributed by atoms with Crippen molar-refractivity contribution in [2.24, 2.45) is 5.10 Å². The van der Waals surface area contributed by atoms with Crippen molar-refractivity contribution in [2.45, 2.75) is 13.0 Å². The second kappa shape index (κ2) is 12.7. The number of nitriles is 1. The summed E-state index contributed by atoms with van der Waals surface area (Å²) in [6.07, 6.45) is 1.56. The van der Waals surface area contributed by atoms with E-state index in [0.29, 0.717) is 27.2 Å². The number of ether oxygens (including phenoxy) is 2. The second-order valence-corrected chi connectivity index (χ2v) is 8.47. The van der Waals surface area contributed by atoms with Crippen LogP contribution in [0, 0.1) is 17.1 Å². The number of benzene rings is 3. The predicted octanol–water partition coefficient (Wildman–Crippen LogP) is 4.98. The molecule has 0 saturated carbocycles. The number of methoxy groups -OCH3 is 1. The fraction of sp³-hybridized carbons (Fsp3) is 0.120. The number of hydrazone groups is 1. The molecule has 0 aliphatic carbocycles. The lowest BCUT2D eigenvalue weighted by Crippen LogP contribution is -2.32. The molecule has 0 saturated heterocycles. The van der Waals surface area contributed by atoms with E-state index in [1.54, 1.807) is 42.5 Å². The summed E-state index contributed by atoms with van der Waals surface area (Å²) in [5.41, 5.74) is 4.06. The standard InChI is InChI=1S/C25H19BrClFN4O4/c1-35-22-12-16(11-19(26)23(22)36-14-18-20(27)3-2-4-21(18)28)13-30-32-25(34)24(33)31-17-7-5-15(6-8-17)9-10-29/h2-8,11-13H,9,14H2,1H3,(H,31,33)(H,32,34). The van der Waals surface area contributed by atoms with E-state index in [2.05, 4.69) is 31.8 Å². The molecule has 0 unspecified atom stereocenters. The minimum atomic E-state index is -0.972. The van der Waals surface area contributed by atoms with Crippen molar-refractivity contribution >= 4 is 51.2 Å². The number of carbonyl (C=O) groups is 2. The maximum Gasteiger partial charge on any atom is 0.329 e. The van der Waals surface area contributed by atoms with Gasteiger partial charge < -0.3 is 14.8 Å². The van der Waals surface area contributed by atoms with E-state index in [1.165, 1.54) is 25.5 Å². The van der Waals surface area contributed by atoms with Crippen molar-refractivity contribution in [1.82, 2.24) is 5.43 Å². The normalized spacial score (nSPS) is 10.5. The lowest BCUT2D eigenvalue weighted by Gasteiger charge is -2.14. The molecule has 0 atom stereocenters. The van der Waals surface area contributed by atoms with Gasteiger partial charge in [-0.2, -0.15) is 10.4 Å². The fourth-order valence-electron chi connectivity index (χ4n) is 2.97. The summed E-state index contributed by atoms with van der Waals surface area (Å²) in [5, 5.41) is 15.2. The van der Waals surface area contributed by atoms with Crippen LogP contribution in [0.5, 0.6) is 11.5 Å². The van der Waals surface area contributed by atoms with E-state index in [4.69, 9.17) is 26.3 Å². The molecule has 0 spiro atoms. The zero-order valence-electron chi connectivity index (χ0n) is 18.8. The first-order valence-electron chi connectivity index (χ1n) is 10.4. The first-order valence-corrected chi connectivity index (χ1v) is 11.5. The maximum absolute atomic E-state index is 14.0. The molecule has 3 aromatic rings. The highest BCUT2D eigenvalue weighted by Gasteiger charge is 2.15. The van der Waals surface area contributed by atoms with Gasteiger partial charge in [-0.25, -0.2) is 9.82 Å². The minimum absolute atomic E-state index is 0.125. The average Bonchev–Trinajstić information content (AvgIpc) is 2.85. The molecule has 0 aliphatic rings. The van der Waals surface area contributed by atoms with Crippen LogP contribution >= 0.6 is 27.5 Å². The zero-order chi connectivity index (χ0) is 26.1. The van der Waals surface area contributed by atoms with E-state index in [0.717, 1.165) is 5.56 Å².